The molecule has 0 spiro atoms. The SMILES string of the molecule is C[C@@H]1CN(C(=O)C(=O)Nc2cncc(C(N)=O)c2)[C@@H](c2ccc(F)cc2)C(F)(F)C1.C[C@@H]1CN[C@@H](c2ccc(F)cc2)C(F)(F)C1.NC(=O)c1cncc(NC(=O)C(=O)O)c1. The summed E-state index contributed by atoms with van der Waals surface area (Å²) in [5.74, 6) is -14.4. The van der Waals surface area contributed by atoms with E-state index in [1.807, 2.05) is 5.32 Å². The molecule has 4 heterocycles. The smallest absolute Gasteiger partial charge is 0.394 e. The minimum absolute atomic E-state index is 0.00238. The second-order valence-electron chi connectivity index (χ2n) is 14.3. The van der Waals surface area contributed by atoms with Gasteiger partial charge in [0.05, 0.1) is 40.9 Å². The topological polar surface area (TPSA) is 240 Å². The minimum Gasteiger partial charge on any atom is -0.474 e. The van der Waals surface area contributed by atoms with E-state index in [1.165, 1.54) is 73.3 Å². The summed E-state index contributed by atoms with van der Waals surface area (Å²) in [6, 6.07) is 9.36. The first kappa shape index (κ1) is 46.8. The Morgan fingerprint density at radius 2 is 1.16 bits per heavy atom. The molecular formula is C40H40F6N8O7. The van der Waals surface area contributed by atoms with E-state index in [1.54, 1.807) is 13.8 Å². The van der Waals surface area contributed by atoms with E-state index in [-0.39, 0.29) is 46.9 Å². The van der Waals surface area contributed by atoms with Gasteiger partial charge in [-0.05, 0) is 65.9 Å². The lowest BCUT2D eigenvalue weighted by Crippen LogP contribution is -2.54. The molecular weight excluding hydrogens is 818 g/mol. The number of nitrogens with two attached hydrogens (primary N) is 2. The van der Waals surface area contributed by atoms with Crippen LogP contribution >= 0.6 is 0 Å². The number of alkyl halides is 4. The Bertz CT molecular complexity index is 2250. The molecule has 0 radical (unpaired) electrons. The Labute approximate surface area is 343 Å². The van der Waals surface area contributed by atoms with Crippen molar-refractivity contribution >= 4 is 46.9 Å². The number of nitrogens with zero attached hydrogens (tertiary/aromatic N) is 3. The summed E-state index contributed by atoms with van der Waals surface area (Å²) in [5.41, 5.74) is 10.8. The van der Waals surface area contributed by atoms with Gasteiger partial charge >= 0.3 is 23.7 Å². The lowest BCUT2D eigenvalue weighted by Gasteiger charge is -2.43. The third kappa shape index (κ3) is 12.8. The van der Waals surface area contributed by atoms with Gasteiger partial charge in [0.15, 0.2) is 0 Å². The number of hydrogen-bond acceptors (Lipinski definition) is 9. The maximum Gasteiger partial charge on any atom is 0.394 e. The zero-order valence-electron chi connectivity index (χ0n) is 32.4. The van der Waals surface area contributed by atoms with Crippen molar-refractivity contribution in [2.24, 2.45) is 23.3 Å². The molecule has 2 aliphatic heterocycles. The highest BCUT2D eigenvalue weighted by Gasteiger charge is 2.51. The number of carbonyl (C=O) groups excluding carboxylic acids is 5. The molecule has 2 fully saturated rings. The van der Waals surface area contributed by atoms with Crippen molar-refractivity contribution in [1.82, 2.24) is 20.2 Å². The standard InChI is InChI=1S/C20H19F3N4O3.C12H14F3N.C8H7N3O4/c1-11-7-20(22,23)16(12-2-4-14(21)5-3-12)27(10-11)19(30)18(29)26-15-6-13(17(24)28)8-25-9-15;1-8-6-12(14,15)11(16-7-8)9-2-4-10(13)5-3-9;9-6(12)4-1-5(3-10-2-4)11-7(13)8(14)15/h2-6,8-9,11,16H,7,10H2,1H3,(H2,24,28)(H,26,29);2-5,8,11,16H,6-7H2,1H3;1-3H,(H2,9,12)(H,11,13)(H,14,15)/t11-,16-;8-,11-;/m00./s1. The molecule has 61 heavy (non-hydrogen) atoms. The summed E-state index contributed by atoms with van der Waals surface area (Å²) in [6.45, 7) is 3.83. The largest absolute Gasteiger partial charge is 0.474 e. The predicted octanol–water partition coefficient (Wildman–Crippen LogP) is 4.84. The Hall–Kier alpha value is -6.90. The molecule has 15 nitrogen and oxygen atoms in total. The lowest BCUT2D eigenvalue weighted by atomic mass is 9.86. The predicted molar refractivity (Wildman–Crippen MR) is 206 cm³/mol. The number of aliphatic carboxylic acids is 1. The normalized spacial score (nSPS) is 20.0. The van der Waals surface area contributed by atoms with Gasteiger partial charge in [0.25, 0.3) is 11.8 Å². The van der Waals surface area contributed by atoms with E-state index < -0.39 is 83.4 Å². The van der Waals surface area contributed by atoms with Crippen molar-refractivity contribution in [2.45, 2.75) is 50.6 Å². The van der Waals surface area contributed by atoms with Crippen LogP contribution in [0.2, 0.25) is 0 Å². The van der Waals surface area contributed by atoms with Crippen LogP contribution in [0.1, 0.15) is 70.6 Å². The van der Waals surface area contributed by atoms with Gasteiger partial charge in [0, 0.05) is 31.8 Å². The number of carboxylic acid groups (broad SMARTS) is 1. The number of hydrogen-bond donors (Lipinski definition) is 6. The molecule has 4 atom stereocenters. The van der Waals surface area contributed by atoms with Crippen LogP contribution < -0.4 is 27.4 Å². The van der Waals surface area contributed by atoms with E-state index in [4.69, 9.17) is 16.6 Å². The number of amides is 5. The number of likely N-dealkylation sites (tertiary alicyclic amines) is 1. The van der Waals surface area contributed by atoms with Gasteiger partial charge in [0.1, 0.15) is 17.7 Å². The van der Waals surface area contributed by atoms with Crippen molar-refractivity contribution in [1.29, 1.82) is 0 Å². The summed E-state index contributed by atoms with van der Waals surface area (Å²) in [4.78, 5) is 76.3. The first-order valence-corrected chi connectivity index (χ1v) is 18.2. The number of benzene rings is 2. The van der Waals surface area contributed by atoms with Crippen molar-refractivity contribution in [3.63, 3.8) is 0 Å². The number of aromatic nitrogens is 2. The maximum atomic E-state index is 14.9. The number of anilines is 2. The highest BCUT2D eigenvalue weighted by atomic mass is 19.3. The van der Waals surface area contributed by atoms with Gasteiger partial charge in [0.2, 0.25) is 11.8 Å². The van der Waals surface area contributed by atoms with E-state index in [2.05, 4.69) is 20.6 Å². The van der Waals surface area contributed by atoms with Gasteiger partial charge in [-0.15, -0.1) is 0 Å². The Kier molecular flexibility index (Phi) is 15.3. The van der Waals surface area contributed by atoms with Crippen molar-refractivity contribution < 1.29 is 60.2 Å². The second kappa shape index (κ2) is 19.9. The van der Waals surface area contributed by atoms with E-state index in [0.717, 1.165) is 17.0 Å². The number of carbonyl (C=O) groups is 6. The number of halogens is 6. The van der Waals surface area contributed by atoms with Gasteiger partial charge in [-0.3, -0.25) is 33.9 Å². The zero-order valence-corrected chi connectivity index (χ0v) is 32.4. The summed E-state index contributed by atoms with van der Waals surface area (Å²) in [6.07, 6.45) is 4.17. The van der Waals surface area contributed by atoms with Gasteiger partial charge in [-0.2, -0.15) is 0 Å². The van der Waals surface area contributed by atoms with Crippen molar-refractivity contribution in [3.05, 3.63) is 119 Å². The van der Waals surface area contributed by atoms with Crippen LogP contribution in [0.3, 0.4) is 0 Å². The molecule has 324 valence electrons. The fraction of sp³-hybridized carbons (Fsp3) is 0.300. The Balaban J connectivity index is 0.000000222. The van der Waals surface area contributed by atoms with E-state index in [0.29, 0.717) is 12.1 Å². The third-order valence-electron chi connectivity index (χ3n) is 9.15. The molecule has 2 aromatic heterocycles. The van der Waals surface area contributed by atoms with E-state index in [9.17, 15) is 55.1 Å². The molecule has 2 aromatic carbocycles. The fourth-order valence-electron chi connectivity index (χ4n) is 6.50. The molecule has 2 aliphatic rings. The molecule has 21 heteroatoms. The first-order chi connectivity index (χ1) is 28.6. The lowest BCUT2D eigenvalue weighted by molar-refractivity contribution is -0.165. The van der Waals surface area contributed by atoms with Crippen LogP contribution in [0, 0.1) is 23.5 Å². The molecule has 4 aromatic rings. The number of piperidine rings is 2. The summed E-state index contributed by atoms with van der Waals surface area (Å²) < 4.78 is 83.2. The van der Waals surface area contributed by atoms with Crippen LogP contribution in [0.4, 0.5) is 37.7 Å². The molecule has 2 saturated heterocycles. The molecule has 5 amide bonds. The summed E-state index contributed by atoms with van der Waals surface area (Å²) in [5, 5.41) is 15.4. The Morgan fingerprint density at radius 1 is 0.705 bits per heavy atom. The van der Waals surface area contributed by atoms with Crippen LogP contribution in [-0.4, -0.2) is 80.4 Å². The zero-order chi connectivity index (χ0) is 45.2. The molecule has 6 rings (SSSR count). The number of carboxylic acids is 1. The van der Waals surface area contributed by atoms with Crippen LogP contribution in [0.15, 0.2) is 85.5 Å². The second-order valence-corrected chi connectivity index (χ2v) is 14.3. The summed E-state index contributed by atoms with van der Waals surface area (Å²) >= 11 is 0. The highest BCUT2D eigenvalue weighted by Crippen LogP contribution is 2.45. The number of nitrogens with one attached hydrogen (secondary N) is 3. The number of pyridine rings is 2. The molecule has 0 saturated carbocycles. The quantitative estimate of drug-likeness (QED) is 0.114. The average Bonchev–Trinajstić information content (AvgIpc) is 3.18. The number of primary amides is 2. The van der Waals surface area contributed by atoms with Crippen LogP contribution in [-0.2, 0) is 19.2 Å². The van der Waals surface area contributed by atoms with Crippen LogP contribution in [0.5, 0.6) is 0 Å². The highest BCUT2D eigenvalue weighted by molar-refractivity contribution is 6.39. The molecule has 0 aliphatic carbocycles. The van der Waals surface area contributed by atoms with Gasteiger partial charge in [-0.1, -0.05) is 38.1 Å². The first-order valence-electron chi connectivity index (χ1n) is 18.2. The minimum atomic E-state index is -3.32. The van der Waals surface area contributed by atoms with Gasteiger partial charge < -0.3 is 37.4 Å². The average molecular weight is 859 g/mol. The number of rotatable bonds is 6. The van der Waals surface area contributed by atoms with Crippen LogP contribution in [0.25, 0.3) is 0 Å². The molecule has 8 N–H and O–H groups in total. The maximum absolute atomic E-state index is 14.9. The molecule has 0 unspecified atom stereocenters. The monoisotopic (exact) mass is 858 g/mol. The third-order valence-corrected chi connectivity index (χ3v) is 9.15. The summed E-state index contributed by atoms with van der Waals surface area (Å²) in [7, 11) is 0. The van der Waals surface area contributed by atoms with Gasteiger partial charge in [-0.25, -0.2) is 31.1 Å². The molecule has 0 bridgehead atoms. The van der Waals surface area contributed by atoms with Crippen molar-refractivity contribution in [3.8, 4) is 0 Å². The Morgan fingerprint density at radius 3 is 1.62 bits per heavy atom. The van der Waals surface area contributed by atoms with Crippen molar-refractivity contribution in [2.75, 3.05) is 23.7 Å². The van der Waals surface area contributed by atoms with E-state index >= 15 is 0 Å². The fourth-order valence-corrected chi connectivity index (χ4v) is 6.50.